The fourth-order valence-electron chi connectivity index (χ4n) is 1.69. The van der Waals surface area contributed by atoms with E-state index in [1.54, 1.807) is 12.1 Å². The van der Waals surface area contributed by atoms with Crippen molar-refractivity contribution in [1.29, 1.82) is 0 Å². The Kier molecular flexibility index (Phi) is 6.68. The Morgan fingerprint density at radius 3 is 2.56 bits per heavy atom. The van der Waals surface area contributed by atoms with Crippen molar-refractivity contribution in [2.24, 2.45) is 0 Å². The largest absolute Gasteiger partial charge is 0.493 e. The molecule has 0 heterocycles. The molecule has 3 nitrogen and oxygen atoms in total. The Morgan fingerprint density at radius 1 is 1.22 bits per heavy atom. The molecule has 1 atom stereocenters. The number of rotatable bonds is 8. The predicted molar refractivity (Wildman–Crippen MR) is 68.1 cm³/mol. The summed E-state index contributed by atoms with van der Waals surface area (Å²) in [6, 6.07) is 4.51. The molecule has 0 radical (unpaired) electrons. The van der Waals surface area contributed by atoms with E-state index >= 15 is 0 Å². The van der Waals surface area contributed by atoms with Crippen LogP contribution < -0.4 is 4.74 Å². The molecule has 0 fully saturated rings. The third-order valence-corrected chi connectivity index (χ3v) is 2.74. The Balaban J connectivity index is 2.33. The van der Waals surface area contributed by atoms with Gasteiger partial charge in [-0.3, -0.25) is 0 Å². The lowest BCUT2D eigenvalue weighted by molar-refractivity contribution is 0.194. The van der Waals surface area contributed by atoms with Crippen LogP contribution in [0.1, 0.15) is 44.3 Å². The number of hydrogen-bond acceptors (Lipinski definition) is 3. The molecule has 0 aromatic heterocycles. The number of halogens is 1. The van der Waals surface area contributed by atoms with Gasteiger partial charge in [0.05, 0.1) is 12.7 Å². The van der Waals surface area contributed by atoms with Gasteiger partial charge >= 0.3 is 0 Å². The van der Waals surface area contributed by atoms with Crippen LogP contribution in [0.4, 0.5) is 4.39 Å². The second-order valence-corrected chi connectivity index (χ2v) is 4.35. The molecular formula is C14H21FO3. The van der Waals surface area contributed by atoms with Gasteiger partial charge in [-0.15, -0.1) is 0 Å². The van der Waals surface area contributed by atoms with Crippen molar-refractivity contribution in [2.45, 2.75) is 38.7 Å². The van der Waals surface area contributed by atoms with E-state index in [0.29, 0.717) is 12.4 Å². The zero-order chi connectivity index (χ0) is 13.4. The summed E-state index contributed by atoms with van der Waals surface area (Å²) in [7, 11) is 0. The number of aliphatic hydroxyl groups excluding tert-OH is 2. The van der Waals surface area contributed by atoms with Crippen molar-refractivity contribution in [3.63, 3.8) is 0 Å². The van der Waals surface area contributed by atoms with E-state index < -0.39 is 11.9 Å². The zero-order valence-electron chi connectivity index (χ0n) is 10.7. The second-order valence-electron chi connectivity index (χ2n) is 4.35. The molecule has 0 spiro atoms. The molecule has 0 amide bonds. The molecule has 0 saturated carbocycles. The van der Waals surface area contributed by atoms with Gasteiger partial charge in [0.25, 0.3) is 0 Å². The number of benzene rings is 1. The van der Waals surface area contributed by atoms with Gasteiger partial charge in [-0.25, -0.2) is 4.39 Å². The highest BCUT2D eigenvalue weighted by Gasteiger charge is 2.08. The molecule has 1 aromatic carbocycles. The molecule has 0 bridgehead atoms. The van der Waals surface area contributed by atoms with Gasteiger partial charge in [-0.2, -0.15) is 0 Å². The van der Waals surface area contributed by atoms with Crippen LogP contribution in [0.3, 0.4) is 0 Å². The van der Waals surface area contributed by atoms with Gasteiger partial charge in [0, 0.05) is 18.2 Å². The number of ether oxygens (including phenoxy) is 1. The molecule has 0 aliphatic heterocycles. The minimum atomic E-state index is -0.808. The average Bonchev–Trinajstić information content (AvgIpc) is 2.33. The fraction of sp³-hybridized carbons (Fsp3) is 0.571. The van der Waals surface area contributed by atoms with Crippen molar-refractivity contribution >= 4 is 0 Å². The quantitative estimate of drug-likeness (QED) is 0.703. The highest BCUT2D eigenvalue weighted by Crippen LogP contribution is 2.21. The first-order valence-corrected chi connectivity index (χ1v) is 6.36. The summed E-state index contributed by atoms with van der Waals surface area (Å²) < 4.78 is 18.9. The maximum Gasteiger partial charge on any atom is 0.132 e. The van der Waals surface area contributed by atoms with Crippen LogP contribution in [0.2, 0.25) is 0 Å². The molecule has 18 heavy (non-hydrogen) atoms. The van der Waals surface area contributed by atoms with Gasteiger partial charge in [0.2, 0.25) is 0 Å². The first-order chi connectivity index (χ1) is 8.65. The summed E-state index contributed by atoms with van der Waals surface area (Å²) >= 11 is 0. The summed E-state index contributed by atoms with van der Waals surface area (Å²) in [5, 5.41) is 17.9. The van der Waals surface area contributed by atoms with Crippen LogP contribution in [0.15, 0.2) is 18.2 Å². The lowest BCUT2D eigenvalue weighted by Crippen LogP contribution is -2.00. The van der Waals surface area contributed by atoms with Crippen LogP contribution in [0.5, 0.6) is 5.75 Å². The zero-order valence-corrected chi connectivity index (χ0v) is 10.7. The van der Waals surface area contributed by atoms with E-state index in [2.05, 4.69) is 0 Å². The SMILES string of the molecule is CC(O)c1ccc(OCCCCCCO)cc1F. The van der Waals surface area contributed by atoms with Gasteiger partial charge in [0.15, 0.2) is 0 Å². The fourth-order valence-corrected chi connectivity index (χ4v) is 1.69. The molecule has 0 aliphatic rings. The minimum Gasteiger partial charge on any atom is -0.493 e. The van der Waals surface area contributed by atoms with Crippen LogP contribution >= 0.6 is 0 Å². The predicted octanol–water partition coefficient (Wildman–Crippen LogP) is 2.81. The highest BCUT2D eigenvalue weighted by atomic mass is 19.1. The molecule has 2 N–H and O–H groups in total. The van der Waals surface area contributed by atoms with Gasteiger partial charge in [-0.1, -0.05) is 6.42 Å². The van der Waals surface area contributed by atoms with E-state index in [9.17, 15) is 9.50 Å². The Hall–Kier alpha value is -1.13. The number of unbranched alkanes of at least 4 members (excludes halogenated alkanes) is 3. The van der Waals surface area contributed by atoms with Gasteiger partial charge in [-0.05, 0) is 38.3 Å². The molecular weight excluding hydrogens is 235 g/mol. The van der Waals surface area contributed by atoms with E-state index in [1.165, 1.54) is 13.0 Å². The van der Waals surface area contributed by atoms with Crippen LogP contribution in [0, 0.1) is 5.82 Å². The van der Waals surface area contributed by atoms with E-state index in [0.717, 1.165) is 25.7 Å². The standard InChI is InChI=1S/C14H21FO3/c1-11(17)13-7-6-12(10-14(13)15)18-9-5-3-2-4-8-16/h6-7,10-11,16-17H,2-5,8-9H2,1H3. The monoisotopic (exact) mass is 256 g/mol. The van der Waals surface area contributed by atoms with Crippen LogP contribution in [-0.2, 0) is 0 Å². The topological polar surface area (TPSA) is 49.7 Å². The lowest BCUT2D eigenvalue weighted by atomic mass is 10.1. The Morgan fingerprint density at radius 2 is 1.94 bits per heavy atom. The number of hydrogen-bond donors (Lipinski definition) is 2. The van der Waals surface area contributed by atoms with Gasteiger partial charge in [0.1, 0.15) is 11.6 Å². The molecule has 4 heteroatoms. The summed E-state index contributed by atoms with van der Waals surface area (Å²) in [5.41, 5.74) is 0.283. The first-order valence-electron chi connectivity index (χ1n) is 6.36. The summed E-state index contributed by atoms with van der Waals surface area (Å²) in [5.74, 6) is 0.0434. The lowest BCUT2D eigenvalue weighted by Gasteiger charge is -2.09. The van der Waals surface area contributed by atoms with Crippen molar-refractivity contribution < 1.29 is 19.3 Å². The van der Waals surface area contributed by atoms with Gasteiger partial charge < -0.3 is 14.9 Å². The van der Waals surface area contributed by atoms with Crippen LogP contribution in [0.25, 0.3) is 0 Å². The van der Waals surface area contributed by atoms with Crippen molar-refractivity contribution in [3.8, 4) is 5.75 Å². The highest BCUT2D eigenvalue weighted by molar-refractivity contribution is 5.29. The maximum absolute atomic E-state index is 13.5. The summed E-state index contributed by atoms with van der Waals surface area (Å²) in [4.78, 5) is 0. The summed E-state index contributed by atoms with van der Waals surface area (Å²) in [6.45, 7) is 2.30. The van der Waals surface area contributed by atoms with Crippen molar-refractivity contribution in [2.75, 3.05) is 13.2 Å². The maximum atomic E-state index is 13.5. The Labute approximate surface area is 107 Å². The third-order valence-electron chi connectivity index (χ3n) is 2.74. The average molecular weight is 256 g/mol. The third kappa shape index (κ3) is 5.02. The molecule has 102 valence electrons. The molecule has 0 saturated heterocycles. The normalized spacial score (nSPS) is 12.4. The van der Waals surface area contributed by atoms with E-state index in [4.69, 9.17) is 9.84 Å². The molecule has 1 aromatic rings. The molecule has 1 unspecified atom stereocenters. The molecule has 1 rings (SSSR count). The van der Waals surface area contributed by atoms with Crippen molar-refractivity contribution in [3.05, 3.63) is 29.6 Å². The van der Waals surface area contributed by atoms with E-state index in [1.807, 2.05) is 0 Å². The Bertz CT molecular complexity index is 353. The number of aliphatic hydroxyl groups is 2. The summed E-state index contributed by atoms with van der Waals surface area (Å²) in [6.07, 6.45) is 2.87. The van der Waals surface area contributed by atoms with E-state index in [-0.39, 0.29) is 12.2 Å². The van der Waals surface area contributed by atoms with Crippen LogP contribution in [-0.4, -0.2) is 23.4 Å². The molecule has 0 aliphatic carbocycles. The first kappa shape index (κ1) is 14.9. The second kappa shape index (κ2) is 8.06. The minimum absolute atomic E-state index is 0.229. The smallest absolute Gasteiger partial charge is 0.132 e. The van der Waals surface area contributed by atoms with Crippen molar-refractivity contribution in [1.82, 2.24) is 0 Å².